The molecule has 0 fully saturated rings. The molecule has 1 N–H and O–H groups in total. The fraction of sp³-hybridized carbons (Fsp3) is 0.538. The molecule has 0 aromatic heterocycles. The Balaban J connectivity index is 2.47. The summed E-state index contributed by atoms with van der Waals surface area (Å²) in [6.45, 7) is 7.77. The maximum Gasteiger partial charge on any atom is 0.152 e. The van der Waals surface area contributed by atoms with E-state index in [0.717, 1.165) is 28.8 Å². The number of nitrogens with one attached hydrogen (secondary N) is 1. The molecule has 0 amide bonds. The van der Waals surface area contributed by atoms with Gasteiger partial charge in [0, 0.05) is 12.6 Å². The number of hydrogen-bond donors (Lipinski definition) is 1. The van der Waals surface area contributed by atoms with Crippen molar-refractivity contribution in [2.75, 3.05) is 13.2 Å². The molecule has 0 aliphatic heterocycles. The highest BCUT2D eigenvalue weighted by Gasteiger charge is 2.07. The Hall–Kier alpha value is -0.250. The van der Waals surface area contributed by atoms with Crippen LogP contribution in [-0.2, 0) is 0 Å². The third kappa shape index (κ3) is 4.86. The number of benzene rings is 1. The first-order chi connectivity index (χ1) is 8.04. The second-order valence-electron chi connectivity index (χ2n) is 4.17. The van der Waals surface area contributed by atoms with Crippen molar-refractivity contribution in [1.82, 2.24) is 5.32 Å². The number of ether oxygens (including phenoxy) is 1. The van der Waals surface area contributed by atoms with Gasteiger partial charge in [-0.1, -0.05) is 18.5 Å². The molecule has 0 aliphatic carbocycles. The topological polar surface area (TPSA) is 21.3 Å². The molecule has 4 heteroatoms. The average Bonchev–Trinajstić information content (AvgIpc) is 2.26. The molecule has 1 aromatic carbocycles. The summed E-state index contributed by atoms with van der Waals surface area (Å²) in [6.07, 6.45) is 1.12. The zero-order valence-corrected chi connectivity index (χ0v) is 12.9. The molecule has 0 radical (unpaired) electrons. The molecule has 17 heavy (non-hydrogen) atoms. The van der Waals surface area contributed by atoms with Gasteiger partial charge in [-0.15, -0.1) is 0 Å². The first-order valence-electron chi connectivity index (χ1n) is 5.86. The lowest BCUT2D eigenvalue weighted by atomic mass is 10.2. The van der Waals surface area contributed by atoms with Crippen LogP contribution < -0.4 is 10.1 Å². The van der Waals surface area contributed by atoms with Crippen molar-refractivity contribution in [3.8, 4) is 5.75 Å². The van der Waals surface area contributed by atoms with E-state index in [-0.39, 0.29) is 0 Å². The summed E-state index contributed by atoms with van der Waals surface area (Å²) in [5.74, 6) is 0.725. The maximum absolute atomic E-state index is 6.13. The highest BCUT2D eigenvalue weighted by molar-refractivity contribution is 9.10. The molecule has 0 unspecified atom stereocenters. The zero-order valence-electron chi connectivity index (χ0n) is 10.5. The summed E-state index contributed by atoms with van der Waals surface area (Å²) < 4.78 is 6.58. The van der Waals surface area contributed by atoms with Gasteiger partial charge in [-0.2, -0.15) is 0 Å². The first kappa shape index (κ1) is 14.8. The van der Waals surface area contributed by atoms with E-state index in [9.17, 15) is 0 Å². The standard InChI is InChI=1S/C13H19BrClNO/c1-4-10(3)16-5-6-17-13-11(14)7-9(2)8-12(13)15/h7-8,10,16H,4-6H2,1-3H3/t10-/m0/s1. The molecule has 0 saturated carbocycles. The minimum absolute atomic E-state index is 0.524. The second-order valence-corrected chi connectivity index (χ2v) is 5.43. The van der Waals surface area contributed by atoms with Crippen molar-refractivity contribution in [2.24, 2.45) is 0 Å². The Bertz CT molecular complexity index is 347. The summed E-state index contributed by atoms with van der Waals surface area (Å²) in [5.41, 5.74) is 1.12. The lowest BCUT2D eigenvalue weighted by Crippen LogP contribution is -2.29. The van der Waals surface area contributed by atoms with Crippen LogP contribution in [0.5, 0.6) is 5.75 Å². The van der Waals surface area contributed by atoms with Crippen LogP contribution in [0.25, 0.3) is 0 Å². The van der Waals surface area contributed by atoms with Crippen LogP contribution in [-0.4, -0.2) is 19.2 Å². The number of aryl methyl sites for hydroxylation is 1. The molecule has 0 bridgehead atoms. The average molecular weight is 321 g/mol. The highest BCUT2D eigenvalue weighted by atomic mass is 79.9. The van der Waals surface area contributed by atoms with Crippen LogP contribution in [0.3, 0.4) is 0 Å². The van der Waals surface area contributed by atoms with Gasteiger partial charge in [0.05, 0.1) is 9.50 Å². The van der Waals surface area contributed by atoms with Crippen LogP contribution in [0, 0.1) is 6.92 Å². The number of rotatable bonds is 6. The van der Waals surface area contributed by atoms with Gasteiger partial charge in [0.15, 0.2) is 5.75 Å². The molecular formula is C13H19BrClNO. The lowest BCUT2D eigenvalue weighted by Gasteiger charge is -2.14. The van der Waals surface area contributed by atoms with E-state index in [4.69, 9.17) is 16.3 Å². The summed E-state index contributed by atoms with van der Waals surface area (Å²) in [6, 6.07) is 4.43. The highest BCUT2D eigenvalue weighted by Crippen LogP contribution is 2.34. The van der Waals surface area contributed by atoms with Gasteiger partial charge in [0.1, 0.15) is 6.61 Å². The van der Waals surface area contributed by atoms with E-state index in [1.54, 1.807) is 0 Å². The molecule has 2 nitrogen and oxygen atoms in total. The Labute approximate surface area is 117 Å². The lowest BCUT2D eigenvalue weighted by molar-refractivity contribution is 0.304. The molecule has 96 valence electrons. The molecule has 1 rings (SSSR count). The van der Waals surface area contributed by atoms with Gasteiger partial charge >= 0.3 is 0 Å². The predicted molar refractivity (Wildman–Crippen MR) is 77.1 cm³/mol. The van der Waals surface area contributed by atoms with E-state index >= 15 is 0 Å². The summed E-state index contributed by atoms with van der Waals surface area (Å²) in [4.78, 5) is 0. The monoisotopic (exact) mass is 319 g/mol. The first-order valence-corrected chi connectivity index (χ1v) is 7.03. The molecular weight excluding hydrogens is 302 g/mol. The van der Waals surface area contributed by atoms with Gasteiger partial charge < -0.3 is 10.1 Å². The van der Waals surface area contributed by atoms with Gasteiger partial charge in [0.2, 0.25) is 0 Å². The van der Waals surface area contributed by atoms with E-state index in [0.29, 0.717) is 17.7 Å². The molecule has 0 aliphatic rings. The van der Waals surface area contributed by atoms with Crippen molar-refractivity contribution in [3.63, 3.8) is 0 Å². The predicted octanol–water partition coefficient (Wildman–Crippen LogP) is 4.18. The maximum atomic E-state index is 6.13. The largest absolute Gasteiger partial charge is 0.490 e. The van der Waals surface area contributed by atoms with E-state index < -0.39 is 0 Å². The van der Waals surface area contributed by atoms with Crippen molar-refractivity contribution >= 4 is 27.5 Å². The van der Waals surface area contributed by atoms with Crippen molar-refractivity contribution in [3.05, 3.63) is 27.2 Å². The molecule has 0 saturated heterocycles. The molecule has 1 aromatic rings. The summed E-state index contributed by atoms with van der Waals surface area (Å²) >= 11 is 9.59. The summed E-state index contributed by atoms with van der Waals surface area (Å²) in [7, 11) is 0. The Morgan fingerprint density at radius 1 is 1.47 bits per heavy atom. The minimum atomic E-state index is 0.524. The van der Waals surface area contributed by atoms with Gasteiger partial charge in [-0.25, -0.2) is 0 Å². The van der Waals surface area contributed by atoms with Gasteiger partial charge in [-0.3, -0.25) is 0 Å². The normalized spacial score (nSPS) is 12.5. The second kappa shape index (κ2) is 7.24. The Morgan fingerprint density at radius 2 is 2.18 bits per heavy atom. The molecule has 0 heterocycles. The fourth-order valence-corrected chi connectivity index (χ4v) is 2.56. The van der Waals surface area contributed by atoms with E-state index in [1.165, 1.54) is 0 Å². The Morgan fingerprint density at radius 3 is 2.76 bits per heavy atom. The smallest absolute Gasteiger partial charge is 0.152 e. The third-order valence-corrected chi connectivity index (χ3v) is 3.47. The van der Waals surface area contributed by atoms with Crippen LogP contribution in [0.15, 0.2) is 16.6 Å². The SMILES string of the molecule is CC[C@H](C)NCCOc1c(Cl)cc(C)cc1Br. The van der Waals surface area contributed by atoms with Crippen LogP contribution in [0.1, 0.15) is 25.8 Å². The molecule has 1 atom stereocenters. The van der Waals surface area contributed by atoms with Gasteiger partial charge in [-0.05, 0) is 53.9 Å². The van der Waals surface area contributed by atoms with E-state index in [1.807, 2.05) is 19.1 Å². The fourth-order valence-electron chi connectivity index (χ4n) is 1.43. The van der Waals surface area contributed by atoms with Crippen molar-refractivity contribution in [1.29, 1.82) is 0 Å². The summed E-state index contributed by atoms with van der Waals surface area (Å²) in [5, 5.41) is 4.02. The number of halogens is 2. The van der Waals surface area contributed by atoms with Crippen LogP contribution in [0.4, 0.5) is 0 Å². The third-order valence-electron chi connectivity index (χ3n) is 2.60. The van der Waals surface area contributed by atoms with Gasteiger partial charge in [0.25, 0.3) is 0 Å². The van der Waals surface area contributed by atoms with Crippen molar-refractivity contribution < 1.29 is 4.74 Å². The quantitative estimate of drug-likeness (QED) is 0.794. The molecule has 0 spiro atoms. The van der Waals surface area contributed by atoms with Crippen LogP contribution >= 0.6 is 27.5 Å². The number of hydrogen-bond acceptors (Lipinski definition) is 2. The minimum Gasteiger partial charge on any atom is -0.490 e. The zero-order chi connectivity index (χ0) is 12.8. The van der Waals surface area contributed by atoms with Crippen LogP contribution in [0.2, 0.25) is 5.02 Å². The Kier molecular flexibility index (Phi) is 6.31. The van der Waals surface area contributed by atoms with Crippen molar-refractivity contribution in [2.45, 2.75) is 33.2 Å². The van der Waals surface area contributed by atoms with E-state index in [2.05, 4.69) is 35.1 Å².